The summed E-state index contributed by atoms with van der Waals surface area (Å²) in [6, 6.07) is 1.63. The van der Waals surface area contributed by atoms with Gasteiger partial charge >= 0.3 is 0 Å². The minimum absolute atomic E-state index is 0.293. The standard InChI is InChI=1S/C7H8N2O2/c1-3-7(10)8-6-4-5(2)11-9-6/h3-4H,1H2,2H3,(H,8,9,10). The zero-order valence-electron chi connectivity index (χ0n) is 6.13. The molecule has 58 valence electrons. The summed E-state index contributed by atoms with van der Waals surface area (Å²) in [6.07, 6.45) is 1.17. The number of hydrogen-bond donors (Lipinski definition) is 1. The van der Waals surface area contributed by atoms with Crippen LogP contribution < -0.4 is 5.32 Å². The predicted octanol–water partition coefficient (Wildman–Crippen LogP) is 1.11. The molecule has 0 spiro atoms. The SMILES string of the molecule is C=CC(=O)Nc1cc(C)on1. The van der Waals surface area contributed by atoms with Crippen LogP contribution in [0.1, 0.15) is 5.76 Å². The number of anilines is 1. The van der Waals surface area contributed by atoms with Crippen LogP contribution in [0.5, 0.6) is 0 Å². The third-order valence-electron chi connectivity index (χ3n) is 1.06. The van der Waals surface area contributed by atoms with Crippen molar-refractivity contribution >= 4 is 11.7 Å². The average molecular weight is 152 g/mol. The summed E-state index contributed by atoms with van der Waals surface area (Å²) in [5.74, 6) is 0.773. The number of carbonyl (C=O) groups is 1. The fourth-order valence-corrected chi connectivity index (χ4v) is 0.603. The van der Waals surface area contributed by atoms with Crippen molar-refractivity contribution in [3.05, 3.63) is 24.5 Å². The molecule has 1 aromatic rings. The minimum Gasteiger partial charge on any atom is -0.360 e. The van der Waals surface area contributed by atoms with Gasteiger partial charge in [0.1, 0.15) is 5.76 Å². The van der Waals surface area contributed by atoms with Crippen LogP contribution in [0.3, 0.4) is 0 Å². The van der Waals surface area contributed by atoms with E-state index in [2.05, 4.69) is 17.1 Å². The second-order valence-electron chi connectivity index (χ2n) is 2.02. The summed E-state index contributed by atoms with van der Waals surface area (Å²) in [6.45, 7) is 5.04. The topological polar surface area (TPSA) is 55.1 Å². The maximum atomic E-state index is 10.7. The zero-order valence-corrected chi connectivity index (χ0v) is 6.13. The normalized spacial score (nSPS) is 9.18. The van der Waals surface area contributed by atoms with Gasteiger partial charge in [-0.15, -0.1) is 0 Å². The fraction of sp³-hybridized carbons (Fsp3) is 0.143. The number of nitrogens with zero attached hydrogens (tertiary/aromatic N) is 1. The Morgan fingerprint density at radius 1 is 1.91 bits per heavy atom. The van der Waals surface area contributed by atoms with E-state index in [4.69, 9.17) is 4.52 Å². The van der Waals surface area contributed by atoms with E-state index >= 15 is 0 Å². The van der Waals surface area contributed by atoms with Gasteiger partial charge in [-0.1, -0.05) is 11.7 Å². The lowest BCUT2D eigenvalue weighted by Crippen LogP contribution is -2.06. The number of aryl methyl sites for hydroxylation is 1. The van der Waals surface area contributed by atoms with Crippen molar-refractivity contribution in [3.63, 3.8) is 0 Å². The molecule has 0 aliphatic rings. The highest BCUT2D eigenvalue weighted by Crippen LogP contribution is 2.06. The molecule has 0 saturated carbocycles. The van der Waals surface area contributed by atoms with Crippen LogP contribution in [-0.2, 0) is 4.79 Å². The van der Waals surface area contributed by atoms with E-state index in [1.165, 1.54) is 6.08 Å². The molecule has 0 fully saturated rings. The second kappa shape index (κ2) is 3.01. The van der Waals surface area contributed by atoms with Crippen molar-refractivity contribution in [1.82, 2.24) is 5.16 Å². The number of rotatable bonds is 2. The first kappa shape index (κ1) is 7.53. The molecule has 0 aromatic carbocycles. The van der Waals surface area contributed by atoms with Crippen LogP contribution in [0, 0.1) is 6.92 Å². The molecule has 0 aliphatic carbocycles. The van der Waals surface area contributed by atoms with Gasteiger partial charge in [0.2, 0.25) is 5.91 Å². The molecule has 1 amide bonds. The quantitative estimate of drug-likeness (QED) is 0.646. The monoisotopic (exact) mass is 152 g/mol. The summed E-state index contributed by atoms with van der Waals surface area (Å²) < 4.78 is 4.71. The van der Waals surface area contributed by atoms with Crippen LogP contribution in [0.2, 0.25) is 0 Å². The average Bonchev–Trinajstić information content (AvgIpc) is 2.35. The van der Waals surface area contributed by atoms with Crippen molar-refractivity contribution < 1.29 is 9.32 Å². The van der Waals surface area contributed by atoms with Crippen molar-refractivity contribution in [2.45, 2.75) is 6.92 Å². The summed E-state index contributed by atoms with van der Waals surface area (Å²) in [7, 11) is 0. The van der Waals surface area contributed by atoms with Gasteiger partial charge in [0, 0.05) is 6.07 Å². The fourth-order valence-electron chi connectivity index (χ4n) is 0.603. The second-order valence-corrected chi connectivity index (χ2v) is 2.02. The Morgan fingerprint density at radius 3 is 3.09 bits per heavy atom. The zero-order chi connectivity index (χ0) is 8.27. The molecule has 1 rings (SSSR count). The van der Waals surface area contributed by atoms with Gasteiger partial charge in [-0.3, -0.25) is 4.79 Å². The molecule has 0 saturated heterocycles. The largest absolute Gasteiger partial charge is 0.360 e. The first-order valence-corrected chi connectivity index (χ1v) is 3.09. The molecule has 0 radical (unpaired) electrons. The molecule has 1 N–H and O–H groups in total. The van der Waals surface area contributed by atoms with Crippen molar-refractivity contribution in [3.8, 4) is 0 Å². The van der Waals surface area contributed by atoms with E-state index in [9.17, 15) is 4.79 Å². The first-order valence-electron chi connectivity index (χ1n) is 3.09. The summed E-state index contributed by atoms with van der Waals surface area (Å²) in [5.41, 5.74) is 0. The summed E-state index contributed by atoms with van der Waals surface area (Å²) in [4.78, 5) is 10.7. The molecule has 0 atom stereocenters. The maximum absolute atomic E-state index is 10.7. The third kappa shape index (κ3) is 1.93. The van der Waals surface area contributed by atoms with Crippen molar-refractivity contribution in [2.24, 2.45) is 0 Å². The lowest BCUT2D eigenvalue weighted by molar-refractivity contribution is -0.111. The molecular formula is C7H8N2O2. The van der Waals surface area contributed by atoms with Crippen LogP contribution in [0.15, 0.2) is 23.2 Å². The van der Waals surface area contributed by atoms with E-state index in [1.807, 2.05) is 0 Å². The Labute approximate surface area is 63.9 Å². The number of amides is 1. The van der Waals surface area contributed by atoms with Crippen LogP contribution in [0.4, 0.5) is 5.82 Å². The molecular weight excluding hydrogens is 144 g/mol. The first-order chi connectivity index (χ1) is 5.22. The van der Waals surface area contributed by atoms with Gasteiger partial charge in [0.05, 0.1) is 0 Å². The molecule has 1 heterocycles. The lowest BCUT2D eigenvalue weighted by atomic mass is 10.5. The van der Waals surface area contributed by atoms with E-state index in [1.54, 1.807) is 13.0 Å². The Bertz CT molecular complexity index is 278. The van der Waals surface area contributed by atoms with E-state index < -0.39 is 0 Å². The number of carbonyl (C=O) groups excluding carboxylic acids is 1. The highest BCUT2D eigenvalue weighted by Gasteiger charge is 2.00. The third-order valence-corrected chi connectivity index (χ3v) is 1.06. The molecule has 4 heteroatoms. The van der Waals surface area contributed by atoms with E-state index in [0.717, 1.165) is 0 Å². The lowest BCUT2D eigenvalue weighted by Gasteiger charge is -1.91. The Morgan fingerprint density at radius 2 is 2.64 bits per heavy atom. The van der Waals surface area contributed by atoms with Gasteiger partial charge in [0.15, 0.2) is 5.82 Å². The molecule has 0 unspecified atom stereocenters. The van der Waals surface area contributed by atoms with E-state index in [0.29, 0.717) is 11.6 Å². The molecule has 1 aromatic heterocycles. The van der Waals surface area contributed by atoms with E-state index in [-0.39, 0.29) is 5.91 Å². The molecule has 4 nitrogen and oxygen atoms in total. The van der Waals surface area contributed by atoms with Crippen molar-refractivity contribution in [1.29, 1.82) is 0 Å². The predicted molar refractivity (Wildman–Crippen MR) is 40.1 cm³/mol. The van der Waals surface area contributed by atoms with Crippen LogP contribution in [-0.4, -0.2) is 11.1 Å². The van der Waals surface area contributed by atoms with Gasteiger partial charge in [-0.05, 0) is 13.0 Å². The van der Waals surface area contributed by atoms with Gasteiger partial charge in [-0.25, -0.2) is 0 Å². The number of nitrogens with one attached hydrogen (secondary N) is 1. The Balaban J connectivity index is 2.64. The van der Waals surface area contributed by atoms with Crippen LogP contribution >= 0.6 is 0 Å². The minimum atomic E-state index is -0.293. The van der Waals surface area contributed by atoms with Crippen LogP contribution in [0.25, 0.3) is 0 Å². The Kier molecular flexibility index (Phi) is 2.06. The van der Waals surface area contributed by atoms with Gasteiger partial charge in [-0.2, -0.15) is 0 Å². The molecule has 11 heavy (non-hydrogen) atoms. The highest BCUT2D eigenvalue weighted by atomic mass is 16.5. The van der Waals surface area contributed by atoms with Gasteiger partial charge < -0.3 is 9.84 Å². The molecule has 0 aliphatic heterocycles. The Hall–Kier alpha value is -1.58. The van der Waals surface area contributed by atoms with Crippen molar-refractivity contribution in [2.75, 3.05) is 5.32 Å². The smallest absolute Gasteiger partial charge is 0.249 e. The summed E-state index contributed by atoms with van der Waals surface area (Å²) >= 11 is 0. The highest BCUT2D eigenvalue weighted by molar-refractivity contribution is 5.98. The summed E-state index contributed by atoms with van der Waals surface area (Å²) in [5, 5.41) is 6.00. The number of aromatic nitrogens is 1. The number of hydrogen-bond acceptors (Lipinski definition) is 3. The van der Waals surface area contributed by atoms with Gasteiger partial charge in [0.25, 0.3) is 0 Å². The molecule has 0 bridgehead atoms. The maximum Gasteiger partial charge on any atom is 0.249 e.